The van der Waals surface area contributed by atoms with Crippen molar-refractivity contribution in [2.75, 3.05) is 0 Å². The molecule has 0 amide bonds. The molecule has 2 aliphatic carbocycles. The third-order valence-electron chi connectivity index (χ3n) is 5.39. The van der Waals surface area contributed by atoms with Crippen LogP contribution in [0.1, 0.15) is 78.1 Å². The number of hydrogen-bond acceptors (Lipinski definition) is 2. The second-order valence-electron chi connectivity index (χ2n) is 7.26. The number of esters is 1. The van der Waals surface area contributed by atoms with Gasteiger partial charge in [0.15, 0.2) is 0 Å². The molecule has 130 valence electrons. The zero-order valence-electron chi connectivity index (χ0n) is 15.0. The van der Waals surface area contributed by atoms with Crippen LogP contribution >= 0.6 is 0 Å². The smallest absolute Gasteiger partial charge is 0.309 e. The van der Waals surface area contributed by atoms with E-state index in [1.54, 1.807) is 0 Å². The monoisotopic (exact) mass is 318 g/mol. The minimum Gasteiger partial charge on any atom is -0.462 e. The van der Waals surface area contributed by atoms with Crippen molar-refractivity contribution < 1.29 is 9.53 Å². The average Bonchev–Trinajstić information content (AvgIpc) is 2.59. The summed E-state index contributed by atoms with van der Waals surface area (Å²) in [6, 6.07) is 0. The Kier molecular flexibility index (Phi) is 7.91. The van der Waals surface area contributed by atoms with E-state index in [4.69, 9.17) is 4.74 Å². The molecule has 0 bridgehead atoms. The van der Waals surface area contributed by atoms with E-state index in [0.29, 0.717) is 11.8 Å². The van der Waals surface area contributed by atoms with Gasteiger partial charge < -0.3 is 4.74 Å². The summed E-state index contributed by atoms with van der Waals surface area (Å²) < 4.78 is 5.82. The van der Waals surface area contributed by atoms with Crippen molar-refractivity contribution in [1.29, 1.82) is 0 Å². The van der Waals surface area contributed by atoms with E-state index < -0.39 is 0 Å². The second-order valence-corrected chi connectivity index (χ2v) is 7.26. The van der Waals surface area contributed by atoms with Gasteiger partial charge in [-0.25, -0.2) is 0 Å². The Morgan fingerprint density at radius 2 is 1.30 bits per heavy atom. The topological polar surface area (TPSA) is 26.3 Å². The van der Waals surface area contributed by atoms with Gasteiger partial charge in [-0.1, -0.05) is 38.2 Å². The molecule has 0 unspecified atom stereocenters. The lowest BCUT2D eigenvalue weighted by molar-refractivity contribution is -0.157. The van der Waals surface area contributed by atoms with Gasteiger partial charge in [-0.05, 0) is 76.0 Å². The quantitative estimate of drug-likeness (QED) is 0.455. The summed E-state index contributed by atoms with van der Waals surface area (Å²) in [6.45, 7) is 4.35. The third kappa shape index (κ3) is 6.16. The van der Waals surface area contributed by atoms with Crippen LogP contribution in [0.5, 0.6) is 0 Å². The van der Waals surface area contributed by atoms with Gasteiger partial charge in [0.25, 0.3) is 0 Å². The maximum atomic E-state index is 12.4. The van der Waals surface area contributed by atoms with Gasteiger partial charge in [0.2, 0.25) is 0 Å². The molecule has 2 heteroatoms. The molecule has 0 saturated heterocycles. The Hall–Kier alpha value is -1.05. The van der Waals surface area contributed by atoms with Crippen LogP contribution in [0, 0.1) is 17.8 Å². The van der Waals surface area contributed by atoms with Crippen molar-refractivity contribution in [3.8, 4) is 0 Å². The molecule has 0 aromatic heterocycles. The van der Waals surface area contributed by atoms with E-state index in [-0.39, 0.29) is 18.0 Å². The first kappa shape index (κ1) is 18.3. The van der Waals surface area contributed by atoms with Crippen molar-refractivity contribution in [2.24, 2.45) is 17.8 Å². The van der Waals surface area contributed by atoms with Crippen molar-refractivity contribution in [2.45, 2.75) is 84.2 Å². The Balaban J connectivity index is 1.68. The average molecular weight is 319 g/mol. The third-order valence-corrected chi connectivity index (χ3v) is 5.39. The predicted octanol–water partition coefficient (Wildman–Crippen LogP) is 5.83. The standard InChI is InChI=1S/C21H34O2/c1-3-5-7-17-9-13-19(14-10-17)21(22)23-20-15-11-18(12-16-20)8-6-4-2/h5-8,17-20H,3-4,9-16H2,1-2H3/t17-,18-,19-,20-. The molecular weight excluding hydrogens is 284 g/mol. The zero-order valence-corrected chi connectivity index (χ0v) is 15.0. The van der Waals surface area contributed by atoms with Crippen molar-refractivity contribution in [3.05, 3.63) is 24.3 Å². The van der Waals surface area contributed by atoms with Crippen LogP contribution in [0.15, 0.2) is 24.3 Å². The van der Waals surface area contributed by atoms with Crippen LogP contribution in [-0.2, 0) is 9.53 Å². The molecule has 2 rings (SSSR count). The highest BCUT2D eigenvalue weighted by Crippen LogP contribution is 2.32. The van der Waals surface area contributed by atoms with Gasteiger partial charge in [-0.3, -0.25) is 4.79 Å². The van der Waals surface area contributed by atoms with E-state index in [1.807, 2.05) is 0 Å². The first-order chi connectivity index (χ1) is 11.2. The minimum atomic E-state index is 0.0791. The fraction of sp³-hybridized carbons (Fsp3) is 0.762. The molecule has 2 saturated carbocycles. The van der Waals surface area contributed by atoms with Gasteiger partial charge in [0.05, 0.1) is 5.92 Å². The van der Waals surface area contributed by atoms with E-state index in [1.165, 1.54) is 12.8 Å². The van der Waals surface area contributed by atoms with E-state index in [0.717, 1.165) is 51.4 Å². The van der Waals surface area contributed by atoms with Crippen LogP contribution < -0.4 is 0 Å². The van der Waals surface area contributed by atoms with Gasteiger partial charge >= 0.3 is 5.97 Å². The Bertz CT molecular complexity index is 394. The zero-order chi connectivity index (χ0) is 16.5. The summed E-state index contributed by atoms with van der Waals surface area (Å²) in [7, 11) is 0. The molecule has 0 spiro atoms. The highest BCUT2D eigenvalue weighted by atomic mass is 16.5. The highest BCUT2D eigenvalue weighted by molar-refractivity contribution is 5.72. The summed E-state index contributed by atoms with van der Waals surface area (Å²) >= 11 is 0. The fourth-order valence-electron chi connectivity index (χ4n) is 3.86. The fourth-order valence-corrected chi connectivity index (χ4v) is 3.86. The number of carbonyl (C=O) groups excluding carboxylic acids is 1. The maximum Gasteiger partial charge on any atom is 0.309 e. The molecule has 2 nitrogen and oxygen atoms in total. The number of rotatable bonds is 6. The van der Waals surface area contributed by atoms with Crippen molar-refractivity contribution in [1.82, 2.24) is 0 Å². The van der Waals surface area contributed by atoms with E-state index >= 15 is 0 Å². The lowest BCUT2D eigenvalue weighted by atomic mass is 9.81. The Labute approximate surface area is 142 Å². The lowest BCUT2D eigenvalue weighted by Crippen LogP contribution is -2.29. The van der Waals surface area contributed by atoms with Crippen LogP contribution in [0.4, 0.5) is 0 Å². The van der Waals surface area contributed by atoms with Crippen LogP contribution in [0.3, 0.4) is 0 Å². The molecule has 0 heterocycles. The summed E-state index contributed by atoms with van der Waals surface area (Å²) in [4.78, 5) is 12.4. The second kappa shape index (κ2) is 9.95. The summed E-state index contributed by atoms with van der Waals surface area (Å²) in [6.07, 6.45) is 20.3. The summed E-state index contributed by atoms with van der Waals surface area (Å²) in [5.41, 5.74) is 0. The van der Waals surface area contributed by atoms with Crippen LogP contribution in [0.25, 0.3) is 0 Å². The predicted molar refractivity (Wildman–Crippen MR) is 96.1 cm³/mol. The molecular formula is C21H34O2. The van der Waals surface area contributed by atoms with Crippen molar-refractivity contribution in [3.63, 3.8) is 0 Å². The first-order valence-corrected chi connectivity index (χ1v) is 9.76. The molecule has 23 heavy (non-hydrogen) atoms. The van der Waals surface area contributed by atoms with Gasteiger partial charge in [0.1, 0.15) is 6.10 Å². The summed E-state index contributed by atoms with van der Waals surface area (Å²) in [5, 5.41) is 0. The molecule has 0 radical (unpaired) electrons. The largest absolute Gasteiger partial charge is 0.462 e. The molecule has 0 N–H and O–H groups in total. The molecule has 0 aromatic rings. The Morgan fingerprint density at radius 1 is 0.826 bits per heavy atom. The molecule has 2 aliphatic rings. The maximum absolute atomic E-state index is 12.4. The van der Waals surface area contributed by atoms with Crippen molar-refractivity contribution >= 4 is 5.97 Å². The molecule has 0 aliphatic heterocycles. The van der Waals surface area contributed by atoms with E-state index in [9.17, 15) is 4.79 Å². The van der Waals surface area contributed by atoms with Gasteiger partial charge in [0, 0.05) is 0 Å². The SMILES string of the molecule is CCC=C[C@H]1CC[C@H](OC(=O)[C@H]2CC[C@H](C=CCC)CC2)CC1. The van der Waals surface area contributed by atoms with Gasteiger partial charge in [-0.15, -0.1) is 0 Å². The van der Waals surface area contributed by atoms with Crippen LogP contribution in [0.2, 0.25) is 0 Å². The number of allylic oxidation sites excluding steroid dienone is 4. The van der Waals surface area contributed by atoms with Crippen LogP contribution in [-0.4, -0.2) is 12.1 Å². The number of hydrogen-bond donors (Lipinski definition) is 0. The van der Waals surface area contributed by atoms with Gasteiger partial charge in [-0.2, -0.15) is 0 Å². The normalized spacial score (nSPS) is 32.4. The Morgan fingerprint density at radius 3 is 1.78 bits per heavy atom. The lowest BCUT2D eigenvalue weighted by Gasteiger charge is -2.30. The first-order valence-electron chi connectivity index (χ1n) is 9.76. The molecule has 2 fully saturated rings. The number of ether oxygens (including phenoxy) is 1. The summed E-state index contributed by atoms with van der Waals surface area (Å²) in [5.74, 6) is 1.61. The minimum absolute atomic E-state index is 0.0791. The number of carbonyl (C=O) groups is 1. The highest BCUT2D eigenvalue weighted by Gasteiger charge is 2.29. The van der Waals surface area contributed by atoms with E-state index in [2.05, 4.69) is 38.2 Å². The molecule has 0 aromatic carbocycles. The molecule has 0 atom stereocenters.